The first-order chi connectivity index (χ1) is 14.1. The minimum absolute atomic E-state index is 0.0266. The number of amides is 1. The number of nitrogens with zero attached hydrogens (tertiary/aromatic N) is 1. The van der Waals surface area contributed by atoms with E-state index >= 15 is 0 Å². The van der Waals surface area contributed by atoms with Crippen molar-refractivity contribution in [3.8, 4) is 11.5 Å². The van der Waals surface area contributed by atoms with Crippen LogP contribution in [0, 0.1) is 0 Å². The number of hydrogen-bond acceptors (Lipinski definition) is 6. The van der Waals surface area contributed by atoms with Crippen molar-refractivity contribution < 1.29 is 19.4 Å². The first kappa shape index (κ1) is 23.4. The van der Waals surface area contributed by atoms with Crippen molar-refractivity contribution in [1.29, 1.82) is 0 Å². The summed E-state index contributed by atoms with van der Waals surface area (Å²) in [5.41, 5.74) is 1.06. The number of β-amino-alcohol motifs (C(OH)–C–C–N with tert-alkyl or cyclic N) is 1. The molecule has 1 saturated heterocycles. The van der Waals surface area contributed by atoms with E-state index in [-0.39, 0.29) is 12.5 Å². The first-order valence-electron chi connectivity index (χ1n) is 10.7. The van der Waals surface area contributed by atoms with Crippen molar-refractivity contribution in [2.45, 2.75) is 51.7 Å². The molecule has 29 heavy (non-hydrogen) atoms. The van der Waals surface area contributed by atoms with Crippen LogP contribution in [0.1, 0.15) is 44.6 Å². The maximum atomic E-state index is 10.9. The molecular formula is C22H37N3O4. The second-order valence-electron chi connectivity index (χ2n) is 7.68. The quantitative estimate of drug-likeness (QED) is 0.486. The molecule has 0 aliphatic carbocycles. The Kier molecular flexibility index (Phi) is 10.8. The second-order valence-corrected chi connectivity index (χ2v) is 7.68. The van der Waals surface area contributed by atoms with E-state index in [1.54, 1.807) is 7.11 Å². The summed E-state index contributed by atoms with van der Waals surface area (Å²) >= 11 is 0. The highest BCUT2D eigenvalue weighted by atomic mass is 16.5. The van der Waals surface area contributed by atoms with Gasteiger partial charge >= 0.3 is 0 Å². The Morgan fingerprint density at radius 1 is 1.14 bits per heavy atom. The van der Waals surface area contributed by atoms with Gasteiger partial charge in [0.25, 0.3) is 0 Å². The van der Waals surface area contributed by atoms with Crippen LogP contribution >= 0.6 is 0 Å². The van der Waals surface area contributed by atoms with Crippen molar-refractivity contribution >= 4 is 5.91 Å². The maximum Gasteiger partial charge on any atom is 0.216 e. The van der Waals surface area contributed by atoms with Crippen LogP contribution in [0.2, 0.25) is 0 Å². The predicted octanol–water partition coefficient (Wildman–Crippen LogP) is 1.93. The van der Waals surface area contributed by atoms with E-state index in [4.69, 9.17) is 9.47 Å². The Morgan fingerprint density at radius 3 is 2.55 bits per heavy atom. The van der Waals surface area contributed by atoms with Gasteiger partial charge in [0.2, 0.25) is 5.91 Å². The number of rotatable bonds is 11. The summed E-state index contributed by atoms with van der Waals surface area (Å²) in [6.07, 6.45) is 5.78. The van der Waals surface area contributed by atoms with Crippen LogP contribution in [-0.4, -0.2) is 68.5 Å². The molecule has 0 aromatic heterocycles. The van der Waals surface area contributed by atoms with E-state index in [1.807, 2.05) is 18.2 Å². The summed E-state index contributed by atoms with van der Waals surface area (Å²) in [6, 6.07) is 5.80. The number of ether oxygens (including phenoxy) is 2. The zero-order valence-corrected chi connectivity index (χ0v) is 17.9. The topological polar surface area (TPSA) is 83.1 Å². The summed E-state index contributed by atoms with van der Waals surface area (Å²) < 4.78 is 11.3. The Bertz CT molecular complexity index is 604. The van der Waals surface area contributed by atoms with Gasteiger partial charge in [0.15, 0.2) is 11.5 Å². The van der Waals surface area contributed by atoms with E-state index in [1.165, 1.54) is 39.0 Å². The fourth-order valence-corrected chi connectivity index (χ4v) is 3.54. The van der Waals surface area contributed by atoms with E-state index in [9.17, 15) is 9.90 Å². The van der Waals surface area contributed by atoms with Crippen LogP contribution in [0.3, 0.4) is 0 Å². The highest BCUT2D eigenvalue weighted by molar-refractivity contribution is 5.72. The van der Waals surface area contributed by atoms with Crippen molar-refractivity contribution in [3.63, 3.8) is 0 Å². The molecule has 1 aliphatic heterocycles. The van der Waals surface area contributed by atoms with Gasteiger partial charge in [-0.1, -0.05) is 25.3 Å². The number of nitrogens with one attached hydrogen (secondary N) is 2. The lowest BCUT2D eigenvalue weighted by Gasteiger charge is -2.26. The molecule has 1 aromatic rings. The second kappa shape index (κ2) is 13.4. The zero-order valence-electron chi connectivity index (χ0n) is 17.9. The molecule has 0 saturated carbocycles. The lowest BCUT2D eigenvalue weighted by atomic mass is 10.1. The van der Waals surface area contributed by atoms with E-state index in [0.717, 1.165) is 18.7 Å². The van der Waals surface area contributed by atoms with Gasteiger partial charge in [-0.15, -0.1) is 0 Å². The molecule has 1 fully saturated rings. The molecule has 7 heteroatoms. The Labute approximate surface area is 174 Å². The Morgan fingerprint density at radius 2 is 1.86 bits per heavy atom. The molecule has 1 aliphatic rings. The van der Waals surface area contributed by atoms with Gasteiger partial charge in [-0.25, -0.2) is 0 Å². The third kappa shape index (κ3) is 9.47. The summed E-state index contributed by atoms with van der Waals surface area (Å²) in [7, 11) is 1.62. The van der Waals surface area contributed by atoms with Gasteiger partial charge in [0, 0.05) is 33.1 Å². The number of aliphatic hydroxyl groups is 1. The molecule has 1 heterocycles. The van der Waals surface area contributed by atoms with Crippen molar-refractivity contribution in [3.05, 3.63) is 23.8 Å². The van der Waals surface area contributed by atoms with Crippen LogP contribution in [0.4, 0.5) is 0 Å². The standard InChI is InChI=1S/C22H37N3O4/c1-18(26)24-11-10-23-15-19-8-9-21(28-2)22(14-19)29-17-20(27)16-25-12-6-4-3-5-7-13-25/h8-9,14,20,23,27H,3-7,10-13,15-17H2,1-2H3,(H,24,26)/t20-/m0/s1. The van der Waals surface area contributed by atoms with Crippen LogP contribution < -0.4 is 20.1 Å². The molecule has 164 valence electrons. The van der Waals surface area contributed by atoms with Crippen molar-refractivity contribution in [1.82, 2.24) is 15.5 Å². The van der Waals surface area contributed by atoms with Gasteiger partial charge in [-0.2, -0.15) is 0 Å². The third-order valence-corrected chi connectivity index (χ3v) is 5.08. The lowest BCUT2D eigenvalue weighted by molar-refractivity contribution is -0.118. The fraction of sp³-hybridized carbons (Fsp3) is 0.682. The van der Waals surface area contributed by atoms with Crippen molar-refractivity contribution in [2.75, 3.05) is 46.4 Å². The number of likely N-dealkylation sites (tertiary alicyclic amines) is 1. The van der Waals surface area contributed by atoms with Crippen molar-refractivity contribution in [2.24, 2.45) is 0 Å². The monoisotopic (exact) mass is 407 g/mol. The number of benzene rings is 1. The normalized spacial score (nSPS) is 16.5. The Hall–Kier alpha value is -1.83. The number of carbonyl (C=O) groups is 1. The molecule has 0 spiro atoms. The zero-order chi connectivity index (χ0) is 20.9. The molecule has 0 radical (unpaired) electrons. The smallest absolute Gasteiger partial charge is 0.216 e. The molecule has 0 bridgehead atoms. The van der Waals surface area contributed by atoms with Crippen LogP contribution in [-0.2, 0) is 11.3 Å². The highest BCUT2D eigenvalue weighted by Gasteiger charge is 2.15. The molecule has 7 nitrogen and oxygen atoms in total. The van der Waals surface area contributed by atoms with Crippen LogP contribution in [0.5, 0.6) is 11.5 Å². The molecule has 1 amide bonds. The average molecular weight is 408 g/mol. The van der Waals surface area contributed by atoms with E-state index in [2.05, 4.69) is 15.5 Å². The molecule has 3 N–H and O–H groups in total. The highest BCUT2D eigenvalue weighted by Crippen LogP contribution is 2.28. The number of hydrogen-bond donors (Lipinski definition) is 3. The van der Waals surface area contributed by atoms with Gasteiger partial charge in [0.1, 0.15) is 12.7 Å². The molecule has 1 aromatic carbocycles. The summed E-state index contributed by atoms with van der Waals surface area (Å²) in [5, 5.41) is 16.5. The van der Waals surface area contributed by atoms with E-state index in [0.29, 0.717) is 37.7 Å². The van der Waals surface area contributed by atoms with Gasteiger partial charge in [-0.3, -0.25) is 4.79 Å². The van der Waals surface area contributed by atoms with Crippen LogP contribution in [0.15, 0.2) is 18.2 Å². The van der Waals surface area contributed by atoms with Gasteiger partial charge < -0.3 is 30.1 Å². The largest absolute Gasteiger partial charge is 0.493 e. The lowest BCUT2D eigenvalue weighted by Crippen LogP contribution is -2.37. The fourth-order valence-electron chi connectivity index (χ4n) is 3.54. The Balaban J connectivity index is 1.80. The molecule has 0 unspecified atom stereocenters. The molecule has 2 rings (SSSR count). The predicted molar refractivity (Wildman–Crippen MR) is 114 cm³/mol. The first-order valence-corrected chi connectivity index (χ1v) is 10.7. The number of methoxy groups -OCH3 is 1. The van der Waals surface area contributed by atoms with Crippen LogP contribution in [0.25, 0.3) is 0 Å². The third-order valence-electron chi connectivity index (χ3n) is 5.08. The van der Waals surface area contributed by atoms with E-state index < -0.39 is 6.10 Å². The summed E-state index contributed by atoms with van der Waals surface area (Å²) in [6.45, 7) is 6.46. The minimum atomic E-state index is -0.529. The molecular weight excluding hydrogens is 370 g/mol. The average Bonchev–Trinajstić information content (AvgIpc) is 2.68. The van der Waals surface area contributed by atoms with Gasteiger partial charge in [0.05, 0.1) is 7.11 Å². The maximum absolute atomic E-state index is 10.9. The minimum Gasteiger partial charge on any atom is -0.493 e. The number of aliphatic hydroxyl groups excluding tert-OH is 1. The number of carbonyl (C=O) groups excluding carboxylic acids is 1. The molecule has 1 atom stereocenters. The SMILES string of the molecule is COc1ccc(CNCCNC(C)=O)cc1OC[C@@H](O)CN1CCCCCCC1. The summed E-state index contributed by atoms with van der Waals surface area (Å²) in [4.78, 5) is 13.2. The summed E-state index contributed by atoms with van der Waals surface area (Å²) in [5.74, 6) is 1.27. The van der Waals surface area contributed by atoms with Gasteiger partial charge in [-0.05, 0) is 43.6 Å².